The van der Waals surface area contributed by atoms with Crippen LogP contribution in [0.2, 0.25) is 0 Å². The normalized spacial score (nSPS) is 11.5. The Morgan fingerprint density at radius 3 is 1.60 bits per heavy atom. The molecule has 0 unspecified atom stereocenters. The molecule has 290 valence electrons. The van der Waals surface area contributed by atoms with Crippen molar-refractivity contribution in [3.05, 3.63) is 243 Å². The highest BCUT2D eigenvalue weighted by atomic mass is 15.1. The molecule has 0 radical (unpaired) electrons. The van der Waals surface area contributed by atoms with E-state index in [2.05, 4.69) is 252 Å². The van der Waals surface area contributed by atoms with Crippen LogP contribution in [0.25, 0.3) is 93.2 Å². The molecule has 0 saturated carbocycles. The van der Waals surface area contributed by atoms with Gasteiger partial charge in [-0.1, -0.05) is 182 Å². The second kappa shape index (κ2) is 14.8. The summed E-state index contributed by atoms with van der Waals surface area (Å²) in [5.41, 5.74) is 14.0. The van der Waals surface area contributed by atoms with Crippen molar-refractivity contribution in [3.8, 4) is 39.1 Å². The average molecular weight is 789 g/mol. The van der Waals surface area contributed by atoms with E-state index in [1.165, 1.54) is 87.5 Å². The van der Waals surface area contributed by atoms with Gasteiger partial charge in [-0.3, -0.25) is 0 Å². The molecule has 0 aliphatic heterocycles. The minimum absolute atomic E-state index is 1.09. The van der Waals surface area contributed by atoms with Gasteiger partial charge < -0.3 is 9.47 Å². The van der Waals surface area contributed by atoms with Gasteiger partial charge >= 0.3 is 0 Å². The number of anilines is 3. The van der Waals surface area contributed by atoms with Crippen LogP contribution >= 0.6 is 0 Å². The Balaban J connectivity index is 0.989. The summed E-state index contributed by atoms with van der Waals surface area (Å²) >= 11 is 0. The highest BCUT2D eigenvalue weighted by molar-refractivity contribution is 6.11. The molecule has 0 N–H and O–H groups in total. The van der Waals surface area contributed by atoms with Crippen molar-refractivity contribution in [2.75, 3.05) is 4.90 Å². The summed E-state index contributed by atoms with van der Waals surface area (Å²) < 4.78 is 2.39. The maximum atomic E-state index is 2.40. The van der Waals surface area contributed by atoms with Crippen LogP contribution in [0.15, 0.2) is 243 Å². The lowest BCUT2D eigenvalue weighted by molar-refractivity contribution is 1.18. The Morgan fingerprint density at radius 1 is 0.274 bits per heavy atom. The molecule has 11 aromatic carbocycles. The third-order valence-corrected chi connectivity index (χ3v) is 12.5. The Hall–Kier alpha value is -8.20. The van der Waals surface area contributed by atoms with Crippen LogP contribution in [0.5, 0.6) is 0 Å². The molecule has 1 aromatic heterocycles. The Bertz CT molecular complexity index is 3580. The maximum Gasteiger partial charge on any atom is 0.0541 e. The van der Waals surface area contributed by atoms with E-state index >= 15 is 0 Å². The molecule has 1 heterocycles. The molecule has 0 bridgehead atoms. The highest BCUT2D eigenvalue weighted by Crippen LogP contribution is 2.42. The third kappa shape index (κ3) is 6.04. The first kappa shape index (κ1) is 35.7. The molecular formula is C60H40N2. The van der Waals surface area contributed by atoms with Crippen molar-refractivity contribution in [2.45, 2.75) is 0 Å². The fourth-order valence-electron chi connectivity index (χ4n) is 9.67. The van der Waals surface area contributed by atoms with Crippen LogP contribution < -0.4 is 4.90 Å². The van der Waals surface area contributed by atoms with Crippen molar-refractivity contribution < 1.29 is 0 Å². The quantitative estimate of drug-likeness (QED) is 0.146. The average Bonchev–Trinajstić information content (AvgIpc) is 3.69. The predicted molar refractivity (Wildman–Crippen MR) is 264 cm³/mol. The molecule has 62 heavy (non-hydrogen) atoms. The number of para-hydroxylation sites is 2. The monoisotopic (exact) mass is 788 g/mol. The number of aromatic nitrogens is 1. The molecule has 0 amide bonds. The van der Waals surface area contributed by atoms with E-state index in [1.54, 1.807) is 0 Å². The van der Waals surface area contributed by atoms with E-state index in [-0.39, 0.29) is 0 Å². The molecule has 0 fully saturated rings. The molecule has 0 spiro atoms. The van der Waals surface area contributed by atoms with Crippen molar-refractivity contribution in [1.29, 1.82) is 0 Å². The van der Waals surface area contributed by atoms with Gasteiger partial charge in [-0.05, 0) is 126 Å². The van der Waals surface area contributed by atoms with Gasteiger partial charge in [0, 0.05) is 33.5 Å². The molecule has 2 heteroatoms. The summed E-state index contributed by atoms with van der Waals surface area (Å²) in [6.45, 7) is 0. The number of nitrogens with zero attached hydrogens (tertiary/aromatic N) is 2. The zero-order valence-electron chi connectivity index (χ0n) is 34.0. The van der Waals surface area contributed by atoms with Crippen molar-refractivity contribution >= 4 is 71.2 Å². The first-order valence-corrected chi connectivity index (χ1v) is 21.3. The van der Waals surface area contributed by atoms with E-state index in [9.17, 15) is 0 Å². The van der Waals surface area contributed by atoms with E-state index in [1.807, 2.05) is 0 Å². The lowest BCUT2D eigenvalue weighted by atomic mass is 9.91. The van der Waals surface area contributed by atoms with Gasteiger partial charge in [0.2, 0.25) is 0 Å². The van der Waals surface area contributed by atoms with Crippen LogP contribution in [0, 0.1) is 0 Å². The number of fused-ring (bicyclic) bond motifs is 7. The standard InChI is InChI=1S/C60H40N2/c1-2-14-42(15-3-1)54-26-12-17-44-18-13-27-55(60(44)54)46-20-11-21-49(39-46)61(51-36-37-53-47(40-51)31-30-43-16-4-5-23-52(43)53)48-34-32-41(33-35-48)45-19-10-22-50(38-45)62-58-28-8-6-24-56(58)57-25-7-9-29-59(57)62/h1-40H. The largest absolute Gasteiger partial charge is 0.310 e. The van der Waals surface area contributed by atoms with Gasteiger partial charge in [0.05, 0.1) is 11.0 Å². The minimum atomic E-state index is 1.09. The first-order valence-electron chi connectivity index (χ1n) is 21.3. The van der Waals surface area contributed by atoms with E-state index in [0.717, 1.165) is 22.7 Å². The number of benzene rings is 11. The smallest absolute Gasteiger partial charge is 0.0541 e. The molecule has 12 rings (SSSR count). The van der Waals surface area contributed by atoms with Gasteiger partial charge in [0.15, 0.2) is 0 Å². The van der Waals surface area contributed by atoms with Crippen LogP contribution in [-0.2, 0) is 0 Å². The van der Waals surface area contributed by atoms with Crippen LogP contribution in [0.1, 0.15) is 0 Å². The van der Waals surface area contributed by atoms with E-state index in [4.69, 9.17) is 0 Å². The van der Waals surface area contributed by atoms with Gasteiger partial charge in [-0.15, -0.1) is 0 Å². The fourth-order valence-corrected chi connectivity index (χ4v) is 9.67. The fraction of sp³-hybridized carbons (Fsp3) is 0. The number of rotatable bonds is 7. The third-order valence-electron chi connectivity index (χ3n) is 12.5. The summed E-state index contributed by atoms with van der Waals surface area (Å²) in [6.07, 6.45) is 0. The molecular weight excluding hydrogens is 749 g/mol. The van der Waals surface area contributed by atoms with E-state index < -0.39 is 0 Å². The SMILES string of the molecule is c1ccc(-c2cccc3cccc(-c4cccc(N(c5ccc(-c6cccc(-n7c8ccccc8c8ccccc87)c6)cc5)c5ccc6c(ccc7ccccc76)c5)c4)c23)cc1. The number of hydrogen-bond donors (Lipinski definition) is 0. The topological polar surface area (TPSA) is 8.17 Å². The van der Waals surface area contributed by atoms with E-state index in [0.29, 0.717) is 0 Å². The summed E-state index contributed by atoms with van der Waals surface area (Å²) in [6, 6.07) is 88.5. The lowest BCUT2D eigenvalue weighted by Gasteiger charge is -2.27. The zero-order valence-corrected chi connectivity index (χ0v) is 34.0. The summed E-state index contributed by atoms with van der Waals surface area (Å²) in [7, 11) is 0. The Kier molecular flexibility index (Phi) is 8.53. The van der Waals surface area contributed by atoms with Gasteiger partial charge in [-0.25, -0.2) is 0 Å². The van der Waals surface area contributed by atoms with Gasteiger partial charge in [-0.2, -0.15) is 0 Å². The lowest BCUT2D eigenvalue weighted by Crippen LogP contribution is -2.10. The zero-order chi connectivity index (χ0) is 41.0. The molecule has 2 nitrogen and oxygen atoms in total. The maximum absolute atomic E-state index is 2.40. The molecule has 0 aliphatic carbocycles. The summed E-state index contributed by atoms with van der Waals surface area (Å²) in [4.78, 5) is 2.40. The predicted octanol–water partition coefficient (Wildman–Crippen LogP) is 16.7. The Labute approximate surface area is 360 Å². The van der Waals surface area contributed by atoms with Crippen molar-refractivity contribution in [3.63, 3.8) is 0 Å². The van der Waals surface area contributed by atoms with Crippen LogP contribution in [0.4, 0.5) is 17.1 Å². The van der Waals surface area contributed by atoms with Crippen LogP contribution in [0.3, 0.4) is 0 Å². The first-order chi connectivity index (χ1) is 30.7. The molecule has 12 aromatic rings. The minimum Gasteiger partial charge on any atom is -0.310 e. The summed E-state index contributed by atoms with van der Waals surface area (Å²) in [5, 5.41) is 10.00. The molecule has 0 saturated heterocycles. The Morgan fingerprint density at radius 2 is 0.823 bits per heavy atom. The van der Waals surface area contributed by atoms with Gasteiger partial charge in [0.1, 0.15) is 0 Å². The second-order valence-corrected chi connectivity index (χ2v) is 16.1. The van der Waals surface area contributed by atoms with Crippen molar-refractivity contribution in [1.82, 2.24) is 4.57 Å². The molecule has 0 aliphatic rings. The molecule has 0 atom stereocenters. The van der Waals surface area contributed by atoms with Crippen LogP contribution in [-0.4, -0.2) is 4.57 Å². The summed E-state index contributed by atoms with van der Waals surface area (Å²) in [5.74, 6) is 0. The second-order valence-electron chi connectivity index (χ2n) is 16.1. The number of hydrogen-bond acceptors (Lipinski definition) is 1. The van der Waals surface area contributed by atoms with Gasteiger partial charge in [0.25, 0.3) is 0 Å². The highest BCUT2D eigenvalue weighted by Gasteiger charge is 2.18. The van der Waals surface area contributed by atoms with Crippen molar-refractivity contribution in [2.24, 2.45) is 0 Å².